The van der Waals surface area contributed by atoms with Crippen LogP contribution in [0.4, 0.5) is 0 Å². The van der Waals surface area contributed by atoms with E-state index in [-0.39, 0.29) is 0 Å². The minimum Gasteiger partial charge on any atom is -0.346 e. The lowest BCUT2D eigenvalue weighted by atomic mass is 10.2. The largest absolute Gasteiger partial charge is 0.346 e. The van der Waals surface area contributed by atoms with E-state index in [4.69, 9.17) is 0 Å². The molecule has 0 saturated heterocycles. The van der Waals surface area contributed by atoms with Crippen molar-refractivity contribution in [1.82, 2.24) is 14.1 Å². The van der Waals surface area contributed by atoms with Crippen molar-refractivity contribution in [2.24, 2.45) is 0 Å². The molecule has 0 atom stereocenters. The Balaban J connectivity index is 1.84. The summed E-state index contributed by atoms with van der Waals surface area (Å²) in [5, 5.41) is 1.30. The van der Waals surface area contributed by atoms with Crippen molar-refractivity contribution in [3.8, 4) is 0 Å². The molecule has 80 valence electrons. The number of hydrogen-bond donors (Lipinski definition) is 0. The molecule has 0 bridgehead atoms. The van der Waals surface area contributed by atoms with Crippen LogP contribution in [-0.2, 0) is 13.1 Å². The van der Waals surface area contributed by atoms with Crippen LogP contribution in [0.3, 0.4) is 0 Å². The Morgan fingerprint density at radius 2 is 1.94 bits per heavy atom. The van der Waals surface area contributed by atoms with Crippen molar-refractivity contribution >= 4 is 10.9 Å². The Hall–Kier alpha value is -2.03. The van der Waals surface area contributed by atoms with Gasteiger partial charge in [-0.15, -0.1) is 0 Å². The second-order valence-corrected chi connectivity index (χ2v) is 3.87. The summed E-state index contributed by atoms with van der Waals surface area (Å²) in [6.45, 7) is 1.93. The van der Waals surface area contributed by atoms with Gasteiger partial charge >= 0.3 is 0 Å². The van der Waals surface area contributed by atoms with Gasteiger partial charge < -0.3 is 9.13 Å². The second-order valence-electron chi connectivity index (χ2n) is 3.87. The van der Waals surface area contributed by atoms with Crippen LogP contribution in [0.5, 0.6) is 0 Å². The van der Waals surface area contributed by atoms with Crippen LogP contribution >= 0.6 is 0 Å². The Morgan fingerprint density at radius 1 is 1.00 bits per heavy atom. The summed E-state index contributed by atoms with van der Waals surface area (Å²) >= 11 is 0. The Bertz CT molecular complexity index is 578. The van der Waals surface area contributed by atoms with Crippen LogP contribution in [0, 0.1) is 0 Å². The zero-order chi connectivity index (χ0) is 10.8. The maximum Gasteiger partial charge on any atom is 0.0946 e. The molecular weight excluding hydrogens is 198 g/mol. The maximum atomic E-state index is 4.04. The first kappa shape index (κ1) is 9.21. The highest BCUT2D eigenvalue weighted by molar-refractivity contribution is 5.79. The standard InChI is InChI=1S/C13H13N3/c1-2-4-13-12(3-1)5-7-16(13)10-9-15-8-6-14-11-15/h1-8,11H,9-10H2. The van der Waals surface area contributed by atoms with Crippen LogP contribution in [0.15, 0.2) is 55.2 Å². The Labute approximate surface area is 94.0 Å². The number of nitrogens with zero attached hydrogens (tertiary/aromatic N) is 3. The monoisotopic (exact) mass is 211 g/mol. The fourth-order valence-corrected chi connectivity index (χ4v) is 1.98. The van der Waals surface area contributed by atoms with Gasteiger partial charge in [-0.25, -0.2) is 4.98 Å². The van der Waals surface area contributed by atoms with E-state index in [9.17, 15) is 0 Å². The van der Waals surface area contributed by atoms with Gasteiger partial charge in [0, 0.05) is 37.2 Å². The molecule has 0 unspecified atom stereocenters. The van der Waals surface area contributed by atoms with Crippen molar-refractivity contribution in [3.05, 3.63) is 55.2 Å². The molecule has 2 heterocycles. The molecular formula is C13H13N3. The minimum atomic E-state index is 0.957. The molecule has 0 aliphatic heterocycles. The van der Waals surface area contributed by atoms with Crippen molar-refractivity contribution in [2.75, 3.05) is 0 Å². The summed E-state index contributed by atoms with van der Waals surface area (Å²) in [7, 11) is 0. The van der Waals surface area contributed by atoms with Crippen LogP contribution in [0.1, 0.15) is 0 Å². The molecule has 2 aromatic heterocycles. The van der Waals surface area contributed by atoms with Crippen LogP contribution < -0.4 is 0 Å². The fourth-order valence-electron chi connectivity index (χ4n) is 1.98. The molecule has 0 saturated carbocycles. The predicted octanol–water partition coefficient (Wildman–Crippen LogP) is 2.54. The van der Waals surface area contributed by atoms with Gasteiger partial charge in [0.2, 0.25) is 0 Å². The van der Waals surface area contributed by atoms with Gasteiger partial charge in [-0.05, 0) is 17.5 Å². The Morgan fingerprint density at radius 3 is 2.81 bits per heavy atom. The van der Waals surface area contributed by atoms with E-state index in [2.05, 4.69) is 50.6 Å². The minimum absolute atomic E-state index is 0.957. The normalized spacial score (nSPS) is 11.0. The molecule has 0 spiro atoms. The van der Waals surface area contributed by atoms with Gasteiger partial charge in [-0.2, -0.15) is 0 Å². The average Bonchev–Trinajstić information content (AvgIpc) is 2.96. The molecule has 0 fully saturated rings. The lowest BCUT2D eigenvalue weighted by molar-refractivity contribution is 0.592. The number of para-hydroxylation sites is 1. The maximum absolute atomic E-state index is 4.04. The van der Waals surface area contributed by atoms with E-state index in [1.54, 1.807) is 0 Å². The predicted molar refractivity (Wildman–Crippen MR) is 64.2 cm³/mol. The fraction of sp³-hybridized carbons (Fsp3) is 0.154. The molecule has 0 aliphatic carbocycles. The number of aromatic nitrogens is 3. The van der Waals surface area contributed by atoms with Gasteiger partial charge in [0.05, 0.1) is 6.33 Å². The van der Waals surface area contributed by atoms with E-state index in [1.807, 2.05) is 18.7 Å². The van der Waals surface area contributed by atoms with Crippen molar-refractivity contribution in [1.29, 1.82) is 0 Å². The molecule has 1 aromatic carbocycles. The van der Waals surface area contributed by atoms with Crippen molar-refractivity contribution in [3.63, 3.8) is 0 Å². The third kappa shape index (κ3) is 1.60. The van der Waals surface area contributed by atoms with E-state index in [0.717, 1.165) is 13.1 Å². The lowest BCUT2D eigenvalue weighted by Crippen LogP contribution is -2.04. The summed E-state index contributed by atoms with van der Waals surface area (Å²) in [5.41, 5.74) is 1.29. The smallest absolute Gasteiger partial charge is 0.0946 e. The third-order valence-electron chi connectivity index (χ3n) is 2.84. The highest BCUT2D eigenvalue weighted by Crippen LogP contribution is 2.14. The molecule has 0 aliphatic rings. The van der Waals surface area contributed by atoms with Crippen LogP contribution in [-0.4, -0.2) is 14.1 Å². The summed E-state index contributed by atoms with van der Waals surface area (Å²) in [6.07, 6.45) is 7.80. The van der Waals surface area contributed by atoms with Gasteiger partial charge in [0.1, 0.15) is 0 Å². The topological polar surface area (TPSA) is 22.8 Å². The SMILES string of the molecule is c1ccc2c(c1)ccn2CCn1ccnc1. The summed E-state index contributed by atoms with van der Waals surface area (Å²) in [5.74, 6) is 0. The van der Waals surface area contributed by atoms with Crippen LogP contribution in [0.2, 0.25) is 0 Å². The quantitative estimate of drug-likeness (QED) is 0.652. The molecule has 3 rings (SSSR count). The third-order valence-corrected chi connectivity index (χ3v) is 2.84. The van der Waals surface area contributed by atoms with E-state index < -0.39 is 0 Å². The molecule has 3 aromatic rings. The highest BCUT2D eigenvalue weighted by Gasteiger charge is 1.99. The number of rotatable bonds is 3. The van der Waals surface area contributed by atoms with E-state index in [0.29, 0.717) is 0 Å². The van der Waals surface area contributed by atoms with E-state index >= 15 is 0 Å². The van der Waals surface area contributed by atoms with E-state index in [1.165, 1.54) is 10.9 Å². The highest BCUT2D eigenvalue weighted by atomic mass is 15.1. The van der Waals surface area contributed by atoms with Crippen molar-refractivity contribution in [2.45, 2.75) is 13.1 Å². The summed E-state index contributed by atoms with van der Waals surface area (Å²) in [6, 6.07) is 10.6. The molecule has 0 amide bonds. The first-order chi connectivity index (χ1) is 7.93. The number of aryl methyl sites for hydroxylation is 2. The summed E-state index contributed by atoms with van der Waals surface area (Å²) < 4.78 is 4.37. The number of imidazole rings is 1. The lowest BCUT2D eigenvalue weighted by Gasteiger charge is -2.05. The Kier molecular flexibility index (Phi) is 2.22. The summed E-state index contributed by atoms with van der Waals surface area (Å²) in [4.78, 5) is 4.04. The van der Waals surface area contributed by atoms with Crippen LogP contribution in [0.25, 0.3) is 10.9 Å². The molecule has 3 nitrogen and oxygen atoms in total. The number of fused-ring (bicyclic) bond motifs is 1. The van der Waals surface area contributed by atoms with Gasteiger partial charge in [-0.1, -0.05) is 18.2 Å². The molecule has 3 heteroatoms. The zero-order valence-corrected chi connectivity index (χ0v) is 8.95. The first-order valence-electron chi connectivity index (χ1n) is 5.43. The number of hydrogen-bond acceptors (Lipinski definition) is 1. The molecule has 0 radical (unpaired) electrons. The number of benzene rings is 1. The molecule has 16 heavy (non-hydrogen) atoms. The zero-order valence-electron chi connectivity index (χ0n) is 8.95. The first-order valence-corrected chi connectivity index (χ1v) is 5.43. The van der Waals surface area contributed by atoms with Gasteiger partial charge in [0.25, 0.3) is 0 Å². The van der Waals surface area contributed by atoms with Crippen molar-refractivity contribution < 1.29 is 0 Å². The second kappa shape index (κ2) is 3.85. The van der Waals surface area contributed by atoms with Gasteiger partial charge in [-0.3, -0.25) is 0 Å². The molecule has 0 N–H and O–H groups in total. The van der Waals surface area contributed by atoms with Gasteiger partial charge in [0.15, 0.2) is 0 Å². The average molecular weight is 211 g/mol.